The monoisotopic (exact) mass is 470 g/mol. The highest BCUT2D eigenvalue weighted by atomic mass is 16.5. The van der Waals surface area contributed by atoms with Crippen molar-refractivity contribution in [1.29, 1.82) is 0 Å². The van der Waals surface area contributed by atoms with E-state index in [9.17, 15) is 9.90 Å². The van der Waals surface area contributed by atoms with Crippen molar-refractivity contribution >= 4 is 5.91 Å². The molecule has 2 N–H and O–H groups in total. The maximum Gasteiger partial charge on any atom is 0.255 e. The van der Waals surface area contributed by atoms with Gasteiger partial charge in [0, 0.05) is 5.41 Å². The molecule has 2 atom stereocenters. The molecular weight excluding hydrogens is 436 g/mol. The van der Waals surface area contributed by atoms with Gasteiger partial charge in [-0.2, -0.15) is 0 Å². The molecule has 0 unspecified atom stereocenters. The number of nitrogens with zero attached hydrogens (tertiary/aromatic N) is 1. The Labute approximate surface area is 207 Å². The molecular formula is C30H34N2O3. The second kappa shape index (κ2) is 10.2. The molecule has 3 aromatic rings. The molecule has 1 amide bonds. The van der Waals surface area contributed by atoms with Crippen LogP contribution >= 0.6 is 0 Å². The number of ether oxygens (including phenoxy) is 1. The van der Waals surface area contributed by atoms with Gasteiger partial charge in [0.1, 0.15) is 5.75 Å². The van der Waals surface area contributed by atoms with Crippen LogP contribution in [0.5, 0.6) is 5.75 Å². The van der Waals surface area contributed by atoms with E-state index >= 15 is 0 Å². The lowest BCUT2D eigenvalue weighted by atomic mass is 9.72. The number of benzene rings is 3. The molecule has 35 heavy (non-hydrogen) atoms. The summed E-state index contributed by atoms with van der Waals surface area (Å²) in [5.74, 6) is 0.306. The number of hydrogen-bond acceptors (Lipinski definition) is 4. The highest BCUT2D eigenvalue weighted by molar-refractivity contribution is 5.97. The van der Waals surface area contributed by atoms with E-state index in [1.807, 2.05) is 30.3 Å². The third-order valence-corrected chi connectivity index (χ3v) is 7.88. The van der Waals surface area contributed by atoms with Crippen LogP contribution in [0.2, 0.25) is 0 Å². The summed E-state index contributed by atoms with van der Waals surface area (Å²) >= 11 is 0. The van der Waals surface area contributed by atoms with Crippen LogP contribution in [-0.2, 0) is 11.8 Å². The van der Waals surface area contributed by atoms with Gasteiger partial charge in [-0.15, -0.1) is 0 Å². The number of piperidine rings is 1. The van der Waals surface area contributed by atoms with E-state index in [-0.39, 0.29) is 11.3 Å². The number of hydrogen-bond donors (Lipinski definition) is 2. The minimum Gasteiger partial charge on any atom is -0.496 e. The number of rotatable bonds is 7. The SMILES string of the molecule is COc1ccccc1C(=O)N[C@H]1c2ccccc2C2(CCN(CCCc3ccccc3)CC2)[C@@H]1O. The number of aliphatic hydroxyl groups is 1. The van der Waals surface area contributed by atoms with Gasteiger partial charge in [0.05, 0.1) is 24.8 Å². The molecule has 1 aliphatic heterocycles. The predicted molar refractivity (Wildman–Crippen MR) is 138 cm³/mol. The number of carbonyl (C=O) groups is 1. The first-order chi connectivity index (χ1) is 17.1. The molecule has 1 saturated heterocycles. The molecule has 1 aliphatic carbocycles. The van der Waals surface area contributed by atoms with Gasteiger partial charge in [0.2, 0.25) is 0 Å². The van der Waals surface area contributed by atoms with Crippen molar-refractivity contribution in [2.24, 2.45) is 0 Å². The maximum atomic E-state index is 13.2. The number of aryl methyl sites for hydroxylation is 1. The van der Waals surface area contributed by atoms with E-state index in [0.29, 0.717) is 11.3 Å². The Bertz CT molecular complexity index is 1160. The summed E-state index contributed by atoms with van der Waals surface area (Å²) in [5, 5.41) is 14.8. The lowest BCUT2D eigenvalue weighted by molar-refractivity contribution is 0.0206. The van der Waals surface area contributed by atoms with Crippen LogP contribution in [-0.4, -0.2) is 48.8 Å². The van der Waals surface area contributed by atoms with Crippen LogP contribution in [0.3, 0.4) is 0 Å². The molecule has 182 valence electrons. The van der Waals surface area contributed by atoms with Crippen LogP contribution in [0.1, 0.15) is 52.4 Å². The second-order valence-electron chi connectivity index (χ2n) is 9.77. The summed E-state index contributed by atoms with van der Waals surface area (Å²) in [7, 11) is 1.56. The summed E-state index contributed by atoms with van der Waals surface area (Å²) in [6, 6.07) is 25.6. The number of likely N-dealkylation sites (tertiary alicyclic amines) is 1. The second-order valence-corrected chi connectivity index (χ2v) is 9.77. The van der Waals surface area contributed by atoms with Crippen molar-refractivity contribution in [2.45, 2.75) is 43.2 Å². The predicted octanol–water partition coefficient (Wildman–Crippen LogP) is 4.51. The maximum absolute atomic E-state index is 13.2. The molecule has 5 heteroatoms. The summed E-state index contributed by atoms with van der Waals surface area (Å²) in [6.07, 6.45) is 3.33. The Kier molecular flexibility index (Phi) is 6.89. The average molecular weight is 471 g/mol. The number of nitrogens with one attached hydrogen (secondary N) is 1. The van der Waals surface area contributed by atoms with Crippen molar-refractivity contribution in [3.8, 4) is 5.75 Å². The number of aliphatic hydroxyl groups excluding tert-OH is 1. The zero-order chi connectivity index (χ0) is 24.3. The standard InChI is InChI=1S/C30H34N2O3/c1-35-26-16-8-6-14-24(26)29(34)31-27-23-13-5-7-15-25(23)30(28(27)33)17-20-32(21-18-30)19-9-12-22-10-3-2-4-11-22/h2-8,10-11,13-16,27-28,33H,9,12,17-21H2,1H3,(H,31,34)/t27-,28+/m0/s1. The van der Waals surface area contributed by atoms with Gasteiger partial charge in [0.15, 0.2) is 0 Å². The van der Waals surface area contributed by atoms with E-state index in [0.717, 1.165) is 50.9 Å². The zero-order valence-corrected chi connectivity index (χ0v) is 20.3. The molecule has 0 aromatic heterocycles. The molecule has 3 aromatic carbocycles. The molecule has 0 saturated carbocycles. The minimum atomic E-state index is -0.662. The van der Waals surface area contributed by atoms with Gasteiger partial charge in [0.25, 0.3) is 5.91 Å². The van der Waals surface area contributed by atoms with Gasteiger partial charge in [-0.05, 0) is 74.1 Å². The molecule has 0 radical (unpaired) electrons. The first kappa shape index (κ1) is 23.6. The third-order valence-electron chi connectivity index (χ3n) is 7.88. The van der Waals surface area contributed by atoms with Crippen molar-refractivity contribution < 1.29 is 14.6 Å². The van der Waals surface area contributed by atoms with Crippen molar-refractivity contribution in [3.63, 3.8) is 0 Å². The van der Waals surface area contributed by atoms with E-state index in [1.165, 1.54) is 11.1 Å². The number of carbonyl (C=O) groups excluding carboxylic acids is 1. The highest BCUT2D eigenvalue weighted by Gasteiger charge is 2.52. The summed E-state index contributed by atoms with van der Waals surface area (Å²) in [6.45, 7) is 2.97. The first-order valence-electron chi connectivity index (χ1n) is 12.6. The van der Waals surface area contributed by atoms with Crippen molar-refractivity contribution in [2.75, 3.05) is 26.7 Å². The fourth-order valence-corrected chi connectivity index (χ4v) is 5.97. The summed E-state index contributed by atoms with van der Waals surface area (Å²) in [5.41, 5.74) is 3.75. The molecule has 1 spiro atoms. The Morgan fingerprint density at radius 2 is 1.69 bits per heavy atom. The molecule has 0 bridgehead atoms. The van der Waals surface area contributed by atoms with Crippen LogP contribution in [0.15, 0.2) is 78.9 Å². The topological polar surface area (TPSA) is 61.8 Å². The lowest BCUT2D eigenvalue weighted by Gasteiger charge is -2.43. The fraction of sp³-hybridized carbons (Fsp3) is 0.367. The molecule has 5 rings (SSSR count). The Balaban J connectivity index is 1.28. The smallest absolute Gasteiger partial charge is 0.255 e. The Morgan fingerprint density at radius 1 is 1.00 bits per heavy atom. The van der Waals surface area contributed by atoms with E-state index < -0.39 is 12.1 Å². The van der Waals surface area contributed by atoms with Gasteiger partial charge in [-0.3, -0.25) is 4.79 Å². The average Bonchev–Trinajstić information content (AvgIpc) is 3.13. The Morgan fingerprint density at radius 3 is 2.46 bits per heavy atom. The van der Waals surface area contributed by atoms with Crippen LogP contribution in [0.4, 0.5) is 0 Å². The fourth-order valence-electron chi connectivity index (χ4n) is 5.97. The van der Waals surface area contributed by atoms with Gasteiger partial charge < -0.3 is 20.1 Å². The molecule has 1 fully saturated rings. The molecule has 5 nitrogen and oxygen atoms in total. The highest BCUT2D eigenvalue weighted by Crippen LogP contribution is 2.51. The van der Waals surface area contributed by atoms with Gasteiger partial charge >= 0.3 is 0 Å². The molecule has 2 aliphatic rings. The number of amides is 1. The number of para-hydroxylation sites is 1. The normalized spacial score (nSPS) is 21.0. The summed E-state index contributed by atoms with van der Waals surface area (Å²) < 4.78 is 5.38. The van der Waals surface area contributed by atoms with Crippen LogP contribution < -0.4 is 10.1 Å². The Hall–Kier alpha value is -3.15. The largest absolute Gasteiger partial charge is 0.496 e. The van der Waals surface area contributed by atoms with E-state index in [1.54, 1.807) is 19.2 Å². The van der Waals surface area contributed by atoms with E-state index in [4.69, 9.17) is 4.74 Å². The van der Waals surface area contributed by atoms with Gasteiger partial charge in [-0.1, -0.05) is 66.7 Å². The molecule has 1 heterocycles. The number of methoxy groups -OCH3 is 1. The van der Waals surface area contributed by atoms with Crippen molar-refractivity contribution in [1.82, 2.24) is 10.2 Å². The summed E-state index contributed by atoms with van der Waals surface area (Å²) in [4.78, 5) is 15.7. The third kappa shape index (κ3) is 4.58. The number of fused-ring (bicyclic) bond motifs is 2. The minimum absolute atomic E-state index is 0.225. The zero-order valence-electron chi connectivity index (χ0n) is 20.3. The van der Waals surface area contributed by atoms with Crippen molar-refractivity contribution in [3.05, 3.63) is 101 Å². The first-order valence-corrected chi connectivity index (χ1v) is 12.6. The van der Waals surface area contributed by atoms with E-state index in [2.05, 4.69) is 46.6 Å². The lowest BCUT2D eigenvalue weighted by Crippen LogP contribution is -2.50. The van der Waals surface area contributed by atoms with Gasteiger partial charge in [-0.25, -0.2) is 0 Å². The van der Waals surface area contributed by atoms with Crippen LogP contribution in [0, 0.1) is 0 Å². The van der Waals surface area contributed by atoms with Crippen LogP contribution in [0.25, 0.3) is 0 Å². The quantitative estimate of drug-likeness (QED) is 0.534.